The molecule has 0 fully saturated rings. The van der Waals surface area contributed by atoms with Gasteiger partial charge in [0.05, 0.1) is 0 Å². The predicted molar refractivity (Wildman–Crippen MR) is 51.3 cm³/mol. The first kappa shape index (κ1) is 7.41. The van der Waals surface area contributed by atoms with Gasteiger partial charge >= 0.3 is 0 Å². The molecule has 2 aliphatic carbocycles. The molecule has 12 heavy (non-hydrogen) atoms. The van der Waals surface area contributed by atoms with Gasteiger partial charge in [-0.15, -0.1) is 0 Å². The third-order valence-corrected chi connectivity index (χ3v) is 2.46. The minimum absolute atomic E-state index is 0.534. The van der Waals surface area contributed by atoms with Gasteiger partial charge in [-0.1, -0.05) is 37.3 Å². The van der Waals surface area contributed by atoms with E-state index in [0.717, 1.165) is 5.70 Å². The summed E-state index contributed by atoms with van der Waals surface area (Å²) in [6.07, 6.45) is 12.7. The largest absolute Gasteiger partial charge is 0.399 e. The van der Waals surface area contributed by atoms with Crippen molar-refractivity contribution in [1.82, 2.24) is 0 Å². The molecule has 0 aromatic heterocycles. The second-order valence-electron chi connectivity index (χ2n) is 3.44. The Bertz CT molecular complexity index is 305. The Hall–Kier alpha value is -1.24. The molecule has 2 atom stereocenters. The van der Waals surface area contributed by atoms with Crippen LogP contribution in [-0.4, -0.2) is 0 Å². The van der Waals surface area contributed by atoms with E-state index in [0.29, 0.717) is 11.8 Å². The Labute approximate surface area is 73.0 Å². The zero-order valence-electron chi connectivity index (χ0n) is 7.20. The van der Waals surface area contributed by atoms with E-state index in [-0.39, 0.29) is 0 Å². The van der Waals surface area contributed by atoms with Crippen molar-refractivity contribution in [1.29, 1.82) is 0 Å². The number of hydrogen-bond acceptors (Lipinski definition) is 1. The summed E-state index contributed by atoms with van der Waals surface area (Å²) in [4.78, 5) is 0. The molecule has 0 aromatic carbocycles. The summed E-state index contributed by atoms with van der Waals surface area (Å²) < 4.78 is 0. The van der Waals surface area contributed by atoms with Gasteiger partial charge in [-0.25, -0.2) is 0 Å². The predicted octanol–water partition coefficient (Wildman–Crippen LogP) is 2.15. The van der Waals surface area contributed by atoms with Gasteiger partial charge in [-0.3, -0.25) is 0 Å². The monoisotopic (exact) mass is 159 g/mol. The van der Waals surface area contributed by atoms with Gasteiger partial charge in [0.1, 0.15) is 0 Å². The van der Waals surface area contributed by atoms with Crippen LogP contribution in [0.2, 0.25) is 0 Å². The molecule has 0 spiro atoms. The number of fused-ring (bicyclic) bond motifs is 1. The van der Waals surface area contributed by atoms with E-state index in [1.807, 2.05) is 0 Å². The molecule has 0 saturated heterocycles. The second kappa shape index (κ2) is 2.67. The molecule has 0 bridgehead atoms. The van der Waals surface area contributed by atoms with Crippen LogP contribution in [0.15, 0.2) is 47.7 Å². The summed E-state index contributed by atoms with van der Waals surface area (Å²) in [6.45, 7) is 2.20. The normalized spacial score (nSPS) is 32.4. The van der Waals surface area contributed by atoms with Crippen molar-refractivity contribution >= 4 is 0 Å². The maximum Gasteiger partial charge on any atom is 0.0279 e. The van der Waals surface area contributed by atoms with Gasteiger partial charge in [-0.2, -0.15) is 0 Å². The van der Waals surface area contributed by atoms with Gasteiger partial charge in [-0.05, 0) is 17.6 Å². The average Bonchev–Trinajstić information content (AvgIpc) is 2.04. The molecule has 62 valence electrons. The summed E-state index contributed by atoms with van der Waals surface area (Å²) in [5.41, 5.74) is 7.99. The number of hydrogen-bond donors (Lipinski definition) is 1. The molecule has 2 rings (SSSR count). The second-order valence-corrected chi connectivity index (χ2v) is 3.44. The van der Waals surface area contributed by atoms with Crippen molar-refractivity contribution in [2.45, 2.75) is 6.92 Å². The van der Waals surface area contributed by atoms with Crippen LogP contribution in [0.3, 0.4) is 0 Å². The van der Waals surface area contributed by atoms with E-state index < -0.39 is 0 Å². The SMILES string of the molecule is CC1C=C(N)C=C2C=CC=CC21. The highest BCUT2D eigenvalue weighted by molar-refractivity contribution is 5.41. The molecule has 0 aromatic rings. The van der Waals surface area contributed by atoms with Gasteiger partial charge in [0.15, 0.2) is 0 Å². The first-order valence-corrected chi connectivity index (χ1v) is 4.31. The minimum atomic E-state index is 0.534. The molecule has 1 heteroatoms. The summed E-state index contributed by atoms with van der Waals surface area (Å²) >= 11 is 0. The molecular formula is C11H13N. The third kappa shape index (κ3) is 1.11. The molecule has 0 heterocycles. The van der Waals surface area contributed by atoms with Gasteiger partial charge in [0.25, 0.3) is 0 Å². The lowest BCUT2D eigenvalue weighted by Crippen LogP contribution is -2.17. The average molecular weight is 159 g/mol. The summed E-state index contributed by atoms with van der Waals surface area (Å²) in [5, 5.41) is 0. The maximum atomic E-state index is 5.76. The van der Waals surface area contributed by atoms with Crippen LogP contribution in [0.25, 0.3) is 0 Å². The van der Waals surface area contributed by atoms with E-state index in [9.17, 15) is 0 Å². The lowest BCUT2D eigenvalue weighted by Gasteiger charge is -2.25. The fourth-order valence-electron chi connectivity index (χ4n) is 1.84. The Morgan fingerprint density at radius 2 is 2.17 bits per heavy atom. The highest BCUT2D eigenvalue weighted by Crippen LogP contribution is 2.31. The maximum absolute atomic E-state index is 5.76. The Morgan fingerprint density at radius 1 is 1.33 bits per heavy atom. The lowest BCUT2D eigenvalue weighted by atomic mass is 9.80. The first-order valence-electron chi connectivity index (χ1n) is 4.31. The zero-order chi connectivity index (χ0) is 8.55. The van der Waals surface area contributed by atoms with Crippen LogP contribution in [0, 0.1) is 11.8 Å². The van der Waals surface area contributed by atoms with E-state index in [4.69, 9.17) is 5.73 Å². The molecule has 2 N–H and O–H groups in total. The Morgan fingerprint density at radius 3 is 3.00 bits per heavy atom. The molecule has 0 amide bonds. The molecule has 2 unspecified atom stereocenters. The van der Waals surface area contributed by atoms with Crippen LogP contribution >= 0.6 is 0 Å². The molecule has 0 saturated carbocycles. The Kier molecular flexibility index (Phi) is 1.65. The van der Waals surface area contributed by atoms with Crippen molar-refractivity contribution in [2.75, 3.05) is 0 Å². The molecule has 2 aliphatic rings. The third-order valence-electron chi connectivity index (χ3n) is 2.46. The van der Waals surface area contributed by atoms with Crippen molar-refractivity contribution in [3.8, 4) is 0 Å². The van der Waals surface area contributed by atoms with Crippen LogP contribution < -0.4 is 5.73 Å². The van der Waals surface area contributed by atoms with Crippen LogP contribution in [0.1, 0.15) is 6.92 Å². The standard InChI is InChI=1S/C11H13N/c1-8-6-10(12)7-9-4-2-3-5-11(8)9/h2-8,11H,12H2,1H3. The van der Waals surface area contributed by atoms with E-state index >= 15 is 0 Å². The van der Waals surface area contributed by atoms with E-state index in [2.05, 4.69) is 43.4 Å². The van der Waals surface area contributed by atoms with Crippen LogP contribution in [0.5, 0.6) is 0 Å². The fourth-order valence-corrected chi connectivity index (χ4v) is 1.84. The highest BCUT2D eigenvalue weighted by atomic mass is 14.6. The highest BCUT2D eigenvalue weighted by Gasteiger charge is 2.20. The quantitative estimate of drug-likeness (QED) is 0.575. The summed E-state index contributed by atoms with van der Waals surface area (Å²) in [5.74, 6) is 1.08. The zero-order valence-corrected chi connectivity index (χ0v) is 7.20. The van der Waals surface area contributed by atoms with E-state index in [1.54, 1.807) is 0 Å². The molecule has 0 radical (unpaired) electrons. The molecular weight excluding hydrogens is 146 g/mol. The molecule has 1 nitrogen and oxygen atoms in total. The topological polar surface area (TPSA) is 26.0 Å². The number of rotatable bonds is 0. The van der Waals surface area contributed by atoms with Gasteiger partial charge in [0, 0.05) is 11.6 Å². The van der Waals surface area contributed by atoms with Crippen LogP contribution in [-0.2, 0) is 0 Å². The van der Waals surface area contributed by atoms with Crippen molar-refractivity contribution in [2.24, 2.45) is 17.6 Å². The molecule has 0 aliphatic heterocycles. The van der Waals surface area contributed by atoms with Crippen molar-refractivity contribution in [3.05, 3.63) is 47.7 Å². The summed E-state index contributed by atoms with van der Waals surface area (Å²) in [6, 6.07) is 0. The van der Waals surface area contributed by atoms with Crippen LogP contribution in [0.4, 0.5) is 0 Å². The van der Waals surface area contributed by atoms with Gasteiger partial charge < -0.3 is 5.73 Å². The number of nitrogens with two attached hydrogens (primary N) is 1. The first-order chi connectivity index (χ1) is 5.77. The Balaban J connectivity index is 2.38. The fraction of sp³-hybridized carbons (Fsp3) is 0.273. The smallest absolute Gasteiger partial charge is 0.0279 e. The van der Waals surface area contributed by atoms with E-state index in [1.165, 1.54) is 5.57 Å². The minimum Gasteiger partial charge on any atom is -0.399 e. The van der Waals surface area contributed by atoms with Gasteiger partial charge in [0.2, 0.25) is 0 Å². The lowest BCUT2D eigenvalue weighted by molar-refractivity contribution is 0.577. The number of allylic oxidation sites excluding steroid dienone is 7. The van der Waals surface area contributed by atoms with Crippen molar-refractivity contribution < 1.29 is 0 Å². The van der Waals surface area contributed by atoms with Crippen molar-refractivity contribution in [3.63, 3.8) is 0 Å². The summed E-state index contributed by atoms with van der Waals surface area (Å²) in [7, 11) is 0.